The van der Waals surface area contributed by atoms with E-state index in [1.165, 1.54) is 25.0 Å². The maximum Gasteiger partial charge on any atom is 0.0634 e. The fourth-order valence-corrected chi connectivity index (χ4v) is 3.77. The zero-order valence-electron chi connectivity index (χ0n) is 10.2. The van der Waals surface area contributed by atoms with Gasteiger partial charge < -0.3 is 5.32 Å². The minimum atomic E-state index is 0.643. The minimum Gasteiger partial charge on any atom is -0.309 e. The van der Waals surface area contributed by atoms with Crippen molar-refractivity contribution < 1.29 is 0 Å². The summed E-state index contributed by atoms with van der Waals surface area (Å²) in [6.07, 6.45) is 7.50. The minimum absolute atomic E-state index is 0.643. The van der Waals surface area contributed by atoms with E-state index in [1.54, 1.807) is 12.4 Å². The highest BCUT2D eigenvalue weighted by molar-refractivity contribution is 7.99. The second-order valence-corrected chi connectivity index (χ2v) is 6.30. The lowest BCUT2D eigenvalue weighted by Crippen LogP contribution is -2.33. The van der Waals surface area contributed by atoms with Gasteiger partial charge in [0.25, 0.3) is 0 Å². The molecule has 2 unspecified atom stereocenters. The van der Waals surface area contributed by atoms with Crippen molar-refractivity contribution in [3.63, 3.8) is 0 Å². The summed E-state index contributed by atoms with van der Waals surface area (Å²) in [6.45, 7) is 3.09. The van der Waals surface area contributed by atoms with E-state index in [-0.39, 0.29) is 0 Å². The first kappa shape index (κ1) is 13.2. The monoisotopic (exact) mass is 270 g/mol. The first-order valence-corrected chi connectivity index (χ1v) is 7.67. The Balaban J connectivity index is 1.87. The lowest BCUT2D eigenvalue weighted by molar-refractivity contribution is 0.532. The number of nitrogens with zero attached hydrogens (tertiary/aromatic N) is 1. The van der Waals surface area contributed by atoms with Crippen molar-refractivity contribution in [2.75, 3.05) is 5.75 Å². The van der Waals surface area contributed by atoms with Crippen LogP contribution in [0.3, 0.4) is 0 Å². The van der Waals surface area contributed by atoms with Crippen molar-refractivity contribution in [1.82, 2.24) is 10.3 Å². The highest BCUT2D eigenvalue weighted by Crippen LogP contribution is 2.30. The molecule has 1 aromatic heterocycles. The van der Waals surface area contributed by atoms with Gasteiger partial charge in [0, 0.05) is 30.2 Å². The summed E-state index contributed by atoms with van der Waals surface area (Å²) in [6, 6.07) is 2.64. The zero-order valence-corrected chi connectivity index (χ0v) is 11.7. The number of pyridine rings is 1. The highest BCUT2D eigenvalue weighted by Gasteiger charge is 2.26. The van der Waals surface area contributed by atoms with Gasteiger partial charge in [-0.05, 0) is 30.2 Å². The molecule has 2 atom stereocenters. The zero-order chi connectivity index (χ0) is 12.1. The van der Waals surface area contributed by atoms with E-state index >= 15 is 0 Å². The van der Waals surface area contributed by atoms with E-state index in [9.17, 15) is 0 Å². The molecule has 1 N–H and O–H groups in total. The molecule has 0 saturated heterocycles. The predicted molar refractivity (Wildman–Crippen MR) is 75.6 cm³/mol. The molecule has 1 aliphatic rings. The van der Waals surface area contributed by atoms with Crippen LogP contribution in [0.25, 0.3) is 0 Å². The van der Waals surface area contributed by atoms with Crippen molar-refractivity contribution in [3.8, 4) is 0 Å². The van der Waals surface area contributed by atoms with Gasteiger partial charge in [-0.2, -0.15) is 11.8 Å². The topological polar surface area (TPSA) is 24.9 Å². The van der Waals surface area contributed by atoms with E-state index in [4.69, 9.17) is 11.6 Å². The molecule has 0 amide bonds. The third-order valence-electron chi connectivity index (χ3n) is 3.24. The average molecular weight is 271 g/mol. The Morgan fingerprint density at radius 3 is 3.18 bits per heavy atom. The normalized spacial score (nSPS) is 24.1. The number of aromatic nitrogens is 1. The third-order valence-corrected chi connectivity index (χ3v) is 4.91. The Labute approximate surface area is 113 Å². The van der Waals surface area contributed by atoms with Crippen LogP contribution in [0, 0.1) is 0 Å². The molecule has 0 spiro atoms. The molecule has 0 aromatic carbocycles. The molecule has 0 radical (unpaired) electrons. The summed E-state index contributed by atoms with van der Waals surface area (Å²) in [4.78, 5) is 4.01. The molecule has 2 rings (SSSR count). The lowest BCUT2D eigenvalue weighted by Gasteiger charge is -2.20. The Kier molecular flexibility index (Phi) is 5.14. The summed E-state index contributed by atoms with van der Waals surface area (Å²) < 4.78 is 0. The van der Waals surface area contributed by atoms with E-state index in [0.29, 0.717) is 6.04 Å². The van der Waals surface area contributed by atoms with E-state index in [2.05, 4.69) is 29.0 Å². The molecule has 1 aliphatic carbocycles. The predicted octanol–water partition coefficient (Wildman–Crippen LogP) is 3.50. The number of nitrogens with one attached hydrogen (secondary N) is 1. The molecule has 1 heterocycles. The second-order valence-electron chi connectivity index (χ2n) is 4.38. The maximum absolute atomic E-state index is 6.10. The molecule has 1 aromatic rings. The van der Waals surface area contributed by atoms with E-state index in [1.807, 2.05) is 6.07 Å². The SMILES string of the molecule is CCSC1CCCC1NCc1ccncc1Cl. The van der Waals surface area contributed by atoms with Gasteiger partial charge in [0.15, 0.2) is 0 Å². The Bertz CT molecular complexity index is 359. The molecule has 0 bridgehead atoms. The van der Waals surface area contributed by atoms with Gasteiger partial charge in [-0.1, -0.05) is 24.9 Å². The first-order chi connectivity index (χ1) is 8.31. The summed E-state index contributed by atoms with van der Waals surface area (Å²) >= 11 is 8.18. The Hall–Kier alpha value is -0.250. The van der Waals surface area contributed by atoms with Gasteiger partial charge >= 0.3 is 0 Å². The molecule has 1 fully saturated rings. The number of thioether (sulfide) groups is 1. The largest absolute Gasteiger partial charge is 0.309 e. The summed E-state index contributed by atoms with van der Waals surface area (Å²) in [5.41, 5.74) is 1.15. The van der Waals surface area contributed by atoms with Crippen molar-refractivity contribution >= 4 is 23.4 Å². The molecule has 94 valence electrons. The number of hydrogen-bond donors (Lipinski definition) is 1. The molecule has 1 saturated carbocycles. The van der Waals surface area contributed by atoms with Gasteiger partial charge in [-0.3, -0.25) is 4.98 Å². The fourth-order valence-electron chi connectivity index (χ4n) is 2.36. The summed E-state index contributed by atoms with van der Waals surface area (Å²) in [5.74, 6) is 1.21. The Morgan fingerprint density at radius 1 is 1.53 bits per heavy atom. The standard InChI is InChI=1S/C13H19ClN2S/c1-2-17-13-5-3-4-12(13)16-8-10-6-7-15-9-11(10)14/h6-7,9,12-13,16H,2-5,8H2,1H3. The van der Waals surface area contributed by atoms with Crippen molar-refractivity contribution in [2.24, 2.45) is 0 Å². The van der Waals surface area contributed by atoms with Crippen LogP contribution in [0.2, 0.25) is 5.02 Å². The molecule has 2 nitrogen and oxygen atoms in total. The molecule has 0 aliphatic heterocycles. The third kappa shape index (κ3) is 3.60. The van der Waals surface area contributed by atoms with Crippen molar-refractivity contribution in [1.29, 1.82) is 0 Å². The van der Waals surface area contributed by atoms with Gasteiger partial charge in [0.2, 0.25) is 0 Å². The smallest absolute Gasteiger partial charge is 0.0634 e. The van der Waals surface area contributed by atoms with Crippen LogP contribution in [0.15, 0.2) is 18.5 Å². The van der Waals surface area contributed by atoms with Crippen LogP contribution in [0.5, 0.6) is 0 Å². The van der Waals surface area contributed by atoms with Crippen LogP contribution in [-0.2, 0) is 6.54 Å². The van der Waals surface area contributed by atoms with Gasteiger partial charge in [-0.15, -0.1) is 0 Å². The first-order valence-electron chi connectivity index (χ1n) is 6.24. The van der Waals surface area contributed by atoms with Gasteiger partial charge in [0.1, 0.15) is 0 Å². The maximum atomic E-state index is 6.10. The van der Waals surface area contributed by atoms with Gasteiger partial charge in [-0.25, -0.2) is 0 Å². The molecule has 17 heavy (non-hydrogen) atoms. The average Bonchev–Trinajstić information content (AvgIpc) is 2.76. The second kappa shape index (κ2) is 6.62. The summed E-state index contributed by atoms with van der Waals surface area (Å²) in [7, 11) is 0. The Morgan fingerprint density at radius 2 is 2.41 bits per heavy atom. The van der Waals surface area contributed by atoms with E-state index in [0.717, 1.165) is 22.4 Å². The molecular formula is C13H19ClN2S. The van der Waals surface area contributed by atoms with Crippen LogP contribution in [0.4, 0.5) is 0 Å². The van der Waals surface area contributed by atoms with Crippen molar-refractivity contribution in [3.05, 3.63) is 29.0 Å². The summed E-state index contributed by atoms with van der Waals surface area (Å²) in [5, 5.41) is 5.18. The van der Waals surface area contributed by atoms with Crippen LogP contribution in [-0.4, -0.2) is 22.0 Å². The van der Waals surface area contributed by atoms with Gasteiger partial charge in [0.05, 0.1) is 5.02 Å². The van der Waals surface area contributed by atoms with Crippen LogP contribution >= 0.6 is 23.4 Å². The quantitative estimate of drug-likeness (QED) is 0.887. The highest BCUT2D eigenvalue weighted by atomic mass is 35.5. The van der Waals surface area contributed by atoms with Crippen LogP contribution in [0.1, 0.15) is 31.7 Å². The molecular weight excluding hydrogens is 252 g/mol. The molecule has 4 heteroatoms. The lowest BCUT2D eigenvalue weighted by atomic mass is 10.2. The van der Waals surface area contributed by atoms with Crippen LogP contribution < -0.4 is 5.32 Å². The van der Waals surface area contributed by atoms with E-state index < -0.39 is 0 Å². The number of rotatable bonds is 5. The number of halogens is 1. The number of hydrogen-bond acceptors (Lipinski definition) is 3. The fraction of sp³-hybridized carbons (Fsp3) is 0.615. The van der Waals surface area contributed by atoms with Crippen molar-refractivity contribution in [2.45, 2.75) is 44.0 Å².